The third-order valence-corrected chi connectivity index (χ3v) is 9.28. The van der Waals surface area contributed by atoms with Crippen molar-refractivity contribution in [2.24, 2.45) is 0 Å². The molecule has 2 aromatic carbocycles. The van der Waals surface area contributed by atoms with E-state index >= 15 is 0 Å². The minimum Gasteiger partial charge on any atom is -0.508 e. The van der Waals surface area contributed by atoms with Gasteiger partial charge in [-0.05, 0) is 19.1 Å². The normalized spacial score (nSPS) is 37.8. The van der Waals surface area contributed by atoms with E-state index in [9.17, 15) is 66.1 Å². The summed E-state index contributed by atoms with van der Waals surface area (Å²) in [6, 6.07) is 6.62. The second kappa shape index (κ2) is 15.6. The highest BCUT2D eigenvalue weighted by molar-refractivity contribution is 5.86. The Labute approximate surface area is 298 Å². The van der Waals surface area contributed by atoms with Crippen molar-refractivity contribution in [3.05, 3.63) is 46.6 Å². The van der Waals surface area contributed by atoms with Gasteiger partial charge in [0.1, 0.15) is 107 Å². The van der Waals surface area contributed by atoms with Crippen molar-refractivity contribution in [1.29, 1.82) is 0 Å². The summed E-state index contributed by atoms with van der Waals surface area (Å²) in [7, 11) is 0. The van der Waals surface area contributed by atoms with Crippen LogP contribution in [0.4, 0.5) is 0 Å². The maximum Gasteiger partial charge on any atom is 0.229 e. The largest absolute Gasteiger partial charge is 0.508 e. The first-order valence-corrected chi connectivity index (χ1v) is 16.4. The van der Waals surface area contributed by atoms with Crippen LogP contribution in [-0.4, -0.2) is 167 Å². The molecule has 292 valence electrons. The van der Waals surface area contributed by atoms with Gasteiger partial charge in [0.05, 0.1) is 24.9 Å². The van der Waals surface area contributed by atoms with Crippen molar-refractivity contribution >= 4 is 11.0 Å². The Morgan fingerprint density at radius 3 is 2.06 bits per heavy atom. The Bertz CT molecular complexity index is 1800. The lowest BCUT2D eigenvalue weighted by molar-refractivity contribution is -0.361. The minimum atomic E-state index is -1.92. The number of ether oxygens (including phenoxy) is 6. The van der Waals surface area contributed by atoms with Crippen LogP contribution in [0.3, 0.4) is 0 Å². The molecule has 3 aromatic rings. The van der Waals surface area contributed by atoms with Crippen LogP contribution in [0, 0.1) is 0 Å². The van der Waals surface area contributed by atoms with Gasteiger partial charge in [-0.15, -0.1) is 0 Å². The molecule has 3 fully saturated rings. The van der Waals surface area contributed by atoms with Crippen LogP contribution in [0.5, 0.6) is 23.0 Å². The molecule has 0 spiro atoms. The second-order valence-electron chi connectivity index (χ2n) is 12.9. The molecule has 3 aliphatic heterocycles. The Balaban J connectivity index is 1.16. The number of aliphatic hydroxyl groups is 9. The summed E-state index contributed by atoms with van der Waals surface area (Å²) in [5, 5.41) is 124. The molecule has 20 heteroatoms. The van der Waals surface area contributed by atoms with Gasteiger partial charge in [-0.2, -0.15) is 0 Å². The minimum absolute atomic E-state index is 0.0136. The van der Waals surface area contributed by atoms with Gasteiger partial charge >= 0.3 is 0 Å². The number of benzene rings is 2. The number of fused-ring (bicyclic) bond motifs is 1. The Kier molecular flexibility index (Phi) is 11.5. The smallest absolute Gasteiger partial charge is 0.229 e. The molecule has 0 radical (unpaired) electrons. The van der Waals surface area contributed by atoms with E-state index in [0.717, 1.165) is 24.3 Å². The van der Waals surface area contributed by atoms with E-state index in [2.05, 4.69) is 0 Å². The molecule has 15 unspecified atom stereocenters. The van der Waals surface area contributed by atoms with Crippen molar-refractivity contribution in [3.8, 4) is 34.3 Å². The summed E-state index contributed by atoms with van der Waals surface area (Å²) >= 11 is 0. The van der Waals surface area contributed by atoms with E-state index in [1.807, 2.05) is 0 Å². The zero-order chi connectivity index (χ0) is 38.5. The molecule has 3 aliphatic rings. The van der Waals surface area contributed by atoms with Gasteiger partial charge in [-0.1, -0.05) is 0 Å². The third kappa shape index (κ3) is 7.65. The van der Waals surface area contributed by atoms with Crippen LogP contribution in [-0.2, 0) is 23.7 Å². The summed E-state index contributed by atoms with van der Waals surface area (Å²) in [5.41, 5.74) is -0.880. The zero-order valence-corrected chi connectivity index (χ0v) is 27.7. The molecule has 0 amide bonds. The van der Waals surface area contributed by atoms with Gasteiger partial charge in [0.25, 0.3) is 0 Å². The number of phenolic OH excluding ortho intramolecular Hbond substituents is 3. The van der Waals surface area contributed by atoms with Crippen molar-refractivity contribution < 1.29 is 94.1 Å². The van der Waals surface area contributed by atoms with Crippen LogP contribution in [0.15, 0.2) is 45.6 Å². The van der Waals surface area contributed by atoms with Gasteiger partial charge in [0, 0.05) is 24.3 Å². The van der Waals surface area contributed by atoms with Crippen molar-refractivity contribution in [2.75, 3.05) is 13.2 Å². The lowest BCUT2D eigenvalue weighted by Crippen LogP contribution is -2.64. The Morgan fingerprint density at radius 2 is 1.34 bits per heavy atom. The van der Waals surface area contributed by atoms with Gasteiger partial charge in [0.2, 0.25) is 6.29 Å². The Morgan fingerprint density at radius 1 is 0.679 bits per heavy atom. The summed E-state index contributed by atoms with van der Waals surface area (Å²) in [6.07, 6.45) is -24.9. The fourth-order valence-electron chi connectivity index (χ4n) is 6.30. The lowest BCUT2D eigenvalue weighted by atomic mass is 9.97. The highest BCUT2D eigenvalue weighted by Crippen LogP contribution is 2.38. The van der Waals surface area contributed by atoms with Crippen molar-refractivity contribution in [2.45, 2.75) is 99.0 Å². The van der Waals surface area contributed by atoms with E-state index in [4.69, 9.17) is 32.8 Å². The standard InChI is InChI=1S/C33H40O20/c1-10-22(39)24(41)27(44)32(48-10)53-30-19(8-34)51-31(29(46)26(30)43)47-9-20-23(40)25(42)28(45)33(52-20)50-16-5-11(35)2-3-13(16)17-7-15(38)21-14(37)4-12(36)6-18(21)49-17/h2-7,10,19-20,22-37,39-46H,8-9H2,1H3. The number of phenols is 3. The molecule has 20 nitrogen and oxygen atoms in total. The number of aliphatic hydroxyl groups excluding tert-OH is 9. The molecule has 3 saturated heterocycles. The van der Waals surface area contributed by atoms with E-state index < -0.39 is 122 Å². The zero-order valence-electron chi connectivity index (χ0n) is 27.7. The van der Waals surface area contributed by atoms with Crippen LogP contribution < -0.4 is 10.2 Å². The third-order valence-electron chi connectivity index (χ3n) is 9.28. The first-order chi connectivity index (χ1) is 25.1. The van der Waals surface area contributed by atoms with Gasteiger partial charge in [0.15, 0.2) is 18.0 Å². The SMILES string of the molecule is CC1OC(OC2C(CO)OC(OCC3OC(Oc4cc(O)ccc4-c4cc(=O)c5c(O)cc(O)cc5o4)C(O)C(O)C3O)C(O)C2O)C(O)C(O)C1O. The molecule has 6 rings (SSSR count). The second-order valence-corrected chi connectivity index (χ2v) is 12.9. The molecule has 1 aromatic heterocycles. The van der Waals surface area contributed by atoms with Crippen LogP contribution in [0.1, 0.15) is 6.92 Å². The van der Waals surface area contributed by atoms with E-state index in [-0.39, 0.29) is 33.8 Å². The molecule has 0 saturated carbocycles. The molecule has 53 heavy (non-hydrogen) atoms. The van der Waals surface area contributed by atoms with Crippen molar-refractivity contribution in [1.82, 2.24) is 0 Å². The van der Waals surface area contributed by atoms with E-state index in [1.165, 1.54) is 19.1 Å². The van der Waals surface area contributed by atoms with Crippen molar-refractivity contribution in [3.63, 3.8) is 0 Å². The highest BCUT2D eigenvalue weighted by atomic mass is 16.8. The fourth-order valence-corrected chi connectivity index (χ4v) is 6.30. The number of rotatable bonds is 9. The van der Waals surface area contributed by atoms with Gasteiger partial charge < -0.3 is 94.1 Å². The fraction of sp³-hybridized carbons (Fsp3) is 0.545. The predicted octanol–water partition coefficient (Wildman–Crippen LogP) is -3.57. The molecule has 0 bridgehead atoms. The molecule has 15 atom stereocenters. The van der Waals surface area contributed by atoms with Gasteiger partial charge in [-0.3, -0.25) is 4.79 Å². The van der Waals surface area contributed by atoms with Crippen LogP contribution in [0.2, 0.25) is 0 Å². The summed E-state index contributed by atoms with van der Waals surface area (Å²) in [6.45, 7) is -0.103. The number of aromatic hydroxyl groups is 3. The summed E-state index contributed by atoms with van der Waals surface area (Å²) in [4.78, 5) is 12.9. The van der Waals surface area contributed by atoms with Crippen LogP contribution >= 0.6 is 0 Å². The van der Waals surface area contributed by atoms with Gasteiger partial charge in [-0.25, -0.2) is 0 Å². The van der Waals surface area contributed by atoms with E-state index in [1.54, 1.807) is 0 Å². The average molecular weight is 757 g/mol. The summed E-state index contributed by atoms with van der Waals surface area (Å²) in [5.74, 6) is -1.69. The maximum atomic E-state index is 12.9. The molecule has 12 N–H and O–H groups in total. The number of hydrogen-bond acceptors (Lipinski definition) is 20. The topological polar surface area (TPSA) is 328 Å². The lowest BCUT2D eigenvalue weighted by Gasteiger charge is -2.46. The summed E-state index contributed by atoms with van der Waals surface area (Å²) < 4.78 is 39.3. The molecular weight excluding hydrogens is 716 g/mol. The predicted molar refractivity (Wildman–Crippen MR) is 171 cm³/mol. The highest BCUT2D eigenvalue weighted by Gasteiger charge is 2.51. The van der Waals surface area contributed by atoms with E-state index in [0.29, 0.717) is 0 Å². The first-order valence-electron chi connectivity index (χ1n) is 16.4. The molecule has 0 aliphatic carbocycles. The van der Waals surface area contributed by atoms with Crippen LogP contribution in [0.25, 0.3) is 22.3 Å². The quantitative estimate of drug-likeness (QED) is 0.100. The first kappa shape index (κ1) is 39.0. The Hall–Kier alpha value is -3.71. The molecule has 4 heterocycles. The maximum absolute atomic E-state index is 12.9. The number of hydrogen-bond donors (Lipinski definition) is 12. The average Bonchev–Trinajstić information content (AvgIpc) is 3.11. The monoisotopic (exact) mass is 756 g/mol. The molecular formula is C33H40O20.